The smallest absolute Gasteiger partial charge is 0.287 e. The summed E-state index contributed by atoms with van der Waals surface area (Å²) in [6.45, 7) is 0. The molecule has 8 nitrogen and oxygen atoms in total. The summed E-state index contributed by atoms with van der Waals surface area (Å²) in [5, 5.41) is 3.13. The van der Waals surface area contributed by atoms with Crippen molar-refractivity contribution in [2.24, 2.45) is 0 Å². The zero-order valence-electron chi connectivity index (χ0n) is 16.8. The zero-order valence-corrected chi connectivity index (χ0v) is 16.8. The third-order valence-electron chi connectivity index (χ3n) is 6.59. The molecule has 1 unspecified atom stereocenters. The Morgan fingerprint density at radius 1 is 1.00 bits per heavy atom. The van der Waals surface area contributed by atoms with E-state index in [1.807, 2.05) is 47.4 Å². The quantitative estimate of drug-likeness (QED) is 0.479. The second kappa shape index (κ2) is 6.94. The molecule has 0 aliphatic carbocycles. The van der Waals surface area contributed by atoms with Gasteiger partial charge in [-0.1, -0.05) is 18.2 Å². The lowest BCUT2D eigenvalue weighted by atomic mass is 9.96. The predicted molar refractivity (Wildman–Crippen MR) is 116 cm³/mol. The van der Waals surface area contributed by atoms with Gasteiger partial charge in [0.15, 0.2) is 5.82 Å². The number of hydrogen-bond donors (Lipinski definition) is 3. The van der Waals surface area contributed by atoms with Gasteiger partial charge in [0.05, 0.1) is 28.4 Å². The van der Waals surface area contributed by atoms with Crippen LogP contribution in [0, 0.1) is 0 Å². The standard InChI is InChI=1S/C23H22N6O2/c30-22(21-27-17-5-1-2-6-18(17)28-21)26-13-10-14-8-9-15(11-13)29(14)23(31)16-4-3-7-19-20(16)25-12-24-19/h1-7,12-15H,8-11H2,(H,24,25)(H,26,30)(H,27,28)/t13?,14-,15+. The number of piperidine rings is 1. The highest BCUT2D eigenvalue weighted by Crippen LogP contribution is 2.37. The fraction of sp³-hybridized carbons (Fsp3) is 0.304. The first-order valence-electron chi connectivity index (χ1n) is 10.7. The molecule has 2 aliphatic rings. The van der Waals surface area contributed by atoms with Gasteiger partial charge < -0.3 is 20.2 Å². The minimum absolute atomic E-state index is 0.0310. The molecule has 156 valence electrons. The van der Waals surface area contributed by atoms with Gasteiger partial charge in [0.2, 0.25) is 0 Å². The summed E-state index contributed by atoms with van der Waals surface area (Å²) < 4.78 is 0. The summed E-state index contributed by atoms with van der Waals surface area (Å²) in [4.78, 5) is 43.1. The Morgan fingerprint density at radius 2 is 1.77 bits per heavy atom. The van der Waals surface area contributed by atoms with Crippen LogP contribution in [-0.4, -0.2) is 54.8 Å². The number of imidazole rings is 2. The number of carbonyl (C=O) groups excluding carboxylic acids is 2. The molecule has 2 fully saturated rings. The second-order valence-electron chi connectivity index (χ2n) is 8.45. The molecule has 3 N–H and O–H groups in total. The van der Waals surface area contributed by atoms with Gasteiger partial charge in [-0.3, -0.25) is 9.59 Å². The maximum atomic E-state index is 13.4. The number of benzene rings is 2. The number of H-pyrrole nitrogens is 2. The van der Waals surface area contributed by atoms with E-state index in [0.29, 0.717) is 16.9 Å². The number of aromatic nitrogens is 4. The van der Waals surface area contributed by atoms with Gasteiger partial charge in [-0.25, -0.2) is 9.97 Å². The molecule has 6 rings (SSSR count). The van der Waals surface area contributed by atoms with Crippen molar-refractivity contribution >= 4 is 33.9 Å². The molecule has 0 saturated carbocycles. The van der Waals surface area contributed by atoms with Crippen LogP contribution in [0.4, 0.5) is 0 Å². The molecule has 31 heavy (non-hydrogen) atoms. The van der Waals surface area contributed by atoms with E-state index in [4.69, 9.17) is 0 Å². The van der Waals surface area contributed by atoms with E-state index in [1.165, 1.54) is 0 Å². The Hall–Kier alpha value is -3.68. The zero-order chi connectivity index (χ0) is 20.9. The topological polar surface area (TPSA) is 107 Å². The normalized spacial score (nSPS) is 22.8. The monoisotopic (exact) mass is 414 g/mol. The largest absolute Gasteiger partial charge is 0.346 e. The van der Waals surface area contributed by atoms with Crippen molar-refractivity contribution in [2.45, 2.75) is 43.8 Å². The number of rotatable bonds is 3. The van der Waals surface area contributed by atoms with Crippen molar-refractivity contribution < 1.29 is 9.59 Å². The molecule has 0 spiro atoms. The number of nitrogens with zero attached hydrogens (tertiary/aromatic N) is 3. The number of nitrogens with one attached hydrogen (secondary N) is 3. The molecule has 3 atom stereocenters. The van der Waals surface area contributed by atoms with Crippen molar-refractivity contribution in [3.05, 3.63) is 60.2 Å². The molecule has 2 aromatic heterocycles. The van der Waals surface area contributed by atoms with E-state index >= 15 is 0 Å². The number of amides is 2. The van der Waals surface area contributed by atoms with Crippen molar-refractivity contribution in [3.8, 4) is 0 Å². The molecular formula is C23H22N6O2. The fourth-order valence-electron chi connectivity index (χ4n) is 5.22. The molecule has 2 aliphatic heterocycles. The van der Waals surface area contributed by atoms with Crippen LogP contribution in [0.2, 0.25) is 0 Å². The van der Waals surface area contributed by atoms with E-state index in [-0.39, 0.29) is 29.9 Å². The molecule has 8 heteroatoms. The van der Waals surface area contributed by atoms with E-state index in [2.05, 4.69) is 25.3 Å². The first-order chi connectivity index (χ1) is 15.2. The van der Waals surface area contributed by atoms with Crippen LogP contribution in [0.25, 0.3) is 22.1 Å². The summed E-state index contributed by atoms with van der Waals surface area (Å²) in [5.41, 5.74) is 3.85. The van der Waals surface area contributed by atoms with E-state index in [1.54, 1.807) is 6.33 Å². The lowest BCUT2D eigenvalue weighted by Gasteiger charge is -2.39. The summed E-state index contributed by atoms with van der Waals surface area (Å²) in [7, 11) is 0. The number of aromatic amines is 2. The molecule has 2 amide bonds. The van der Waals surface area contributed by atoms with Crippen LogP contribution >= 0.6 is 0 Å². The molecule has 0 radical (unpaired) electrons. The molecule has 2 bridgehead atoms. The molecule has 2 saturated heterocycles. The predicted octanol–water partition coefficient (Wildman–Crippen LogP) is 3.00. The minimum atomic E-state index is -0.193. The van der Waals surface area contributed by atoms with Crippen molar-refractivity contribution in [1.82, 2.24) is 30.2 Å². The Labute approximate surface area is 178 Å². The van der Waals surface area contributed by atoms with Gasteiger partial charge in [0.1, 0.15) is 5.52 Å². The first-order valence-corrected chi connectivity index (χ1v) is 10.7. The van der Waals surface area contributed by atoms with Crippen molar-refractivity contribution in [3.63, 3.8) is 0 Å². The Kier molecular flexibility index (Phi) is 4.05. The van der Waals surface area contributed by atoms with Crippen molar-refractivity contribution in [1.29, 1.82) is 0 Å². The third kappa shape index (κ3) is 2.98. The summed E-state index contributed by atoms with van der Waals surface area (Å²) in [6, 6.07) is 13.5. The van der Waals surface area contributed by atoms with Gasteiger partial charge in [0, 0.05) is 18.1 Å². The Morgan fingerprint density at radius 3 is 2.58 bits per heavy atom. The van der Waals surface area contributed by atoms with Crippen LogP contribution in [0.1, 0.15) is 46.7 Å². The minimum Gasteiger partial charge on any atom is -0.346 e. The van der Waals surface area contributed by atoms with Gasteiger partial charge >= 0.3 is 0 Å². The maximum Gasteiger partial charge on any atom is 0.287 e. The molecule has 4 heterocycles. The summed E-state index contributed by atoms with van der Waals surface area (Å²) in [6.07, 6.45) is 5.05. The molecular weight excluding hydrogens is 392 g/mol. The van der Waals surface area contributed by atoms with Crippen LogP contribution in [0.15, 0.2) is 48.8 Å². The van der Waals surface area contributed by atoms with Crippen LogP contribution in [0.5, 0.6) is 0 Å². The lowest BCUT2D eigenvalue weighted by molar-refractivity contribution is 0.0550. The Bertz CT molecular complexity index is 1260. The van der Waals surface area contributed by atoms with E-state index < -0.39 is 0 Å². The van der Waals surface area contributed by atoms with Crippen LogP contribution in [-0.2, 0) is 0 Å². The number of hydrogen-bond acceptors (Lipinski definition) is 4. The Balaban J connectivity index is 1.19. The van der Waals surface area contributed by atoms with Crippen LogP contribution < -0.4 is 5.32 Å². The average molecular weight is 414 g/mol. The van der Waals surface area contributed by atoms with Gasteiger partial charge in [-0.05, 0) is 49.9 Å². The van der Waals surface area contributed by atoms with Crippen LogP contribution in [0.3, 0.4) is 0 Å². The van der Waals surface area contributed by atoms with Crippen molar-refractivity contribution in [2.75, 3.05) is 0 Å². The lowest BCUT2D eigenvalue weighted by Crippen LogP contribution is -2.52. The summed E-state index contributed by atoms with van der Waals surface area (Å²) in [5.74, 6) is 0.172. The fourth-order valence-corrected chi connectivity index (χ4v) is 5.22. The average Bonchev–Trinajstić information content (AvgIpc) is 3.49. The summed E-state index contributed by atoms with van der Waals surface area (Å²) >= 11 is 0. The highest BCUT2D eigenvalue weighted by Gasteiger charge is 2.44. The molecule has 4 aromatic rings. The number of carbonyl (C=O) groups is 2. The van der Waals surface area contributed by atoms with Gasteiger partial charge in [-0.2, -0.15) is 0 Å². The number of fused-ring (bicyclic) bond motifs is 4. The highest BCUT2D eigenvalue weighted by atomic mass is 16.2. The maximum absolute atomic E-state index is 13.4. The van der Waals surface area contributed by atoms with Gasteiger partial charge in [0.25, 0.3) is 11.8 Å². The SMILES string of the molecule is O=C(NC1C[C@H]2CC[C@@H](C1)N2C(=O)c1cccc2[nH]cnc12)c1nc2ccccc2[nH]1. The first kappa shape index (κ1) is 18.1. The third-order valence-corrected chi connectivity index (χ3v) is 6.59. The number of para-hydroxylation sites is 3. The highest BCUT2D eigenvalue weighted by molar-refractivity contribution is 6.05. The molecule has 2 aromatic carbocycles. The van der Waals surface area contributed by atoms with E-state index in [9.17, 15) is 9.59 Å². The second-order valence-corrected chi connectivity index (χ2v) is 8.45. The van der Waals surface area contributed by atoms with Gasteiger partial charge in [-0.15, -0.1) is 0 Å². The van der Waals surface area contributed by atoms with E-state index in [0.717, 1.165) is 42.2 Å².